The summed E-state index contributed by atoms with van der Waals surface area (Å²) in [5.74, 6) is 2.79. The molecular weight excluding hydrogens is 388 g/mol. The Kier molecular flexibility index (Phi) is 6.08. The van der Waals surface area contributed by atoms with E-state index < -0.39 is 0 Å². The van der Waals surface area contributed by atoms with E-state index in [1.54, 1.807) is 21.3 Å². The Hall–Kier alpha value is -3.92. The molecule has 0 radical (unpaired) electrons. The summed E-state index contributed by atoms with van der Waals surface area (Å²) in [5, 5.41) is 0. The van der Waals surface area contributed by atoms with Gasteiger partial charge >= 0.3 is 0 Å². The van der Waals surface area contributed by atoms with E-state index in [1.165, 1.54) is 0 Å². The zero-order valence-electron chi connectivity index (χ0n) is 17.8. The molecule has 0 unspecified atom stereocenters. The van der Waals surface area contributed by atoms with Gasteiger partial charge in [0.05, 0.1) is 21.3 Å². The van der Waals surface area contributed by atoms with Gasteiger partial charge in [0.25, 0.3) is 0 Å². The molecule has 4 rings (SSSR count). The van der Waals surface area contributed by atoms with Crippen LogP contribution < -0.4 is 18.9 Å². The molecule has 0 aliphatic carbocycles. The van der Waals surface area contributed by atoms with Gasteiger partial charge in [-0.3, -0.25) is 0 Å². The summed E-state index contributed by atoms with van der Waals surface area (Å²) >= 11 is 0. The number of benzene rings is 4. The number of rotatable bonds is 7. The van der Waals surface area contributed by atoms with Crippen molar-refractivity contribution in [3.63, 3.8) is 0 Å². The Morgan fingerprint density at radius 3 is 1.68 bits per heavy atom. The number of methoxy groups -OCH3 is 3. The van der Waals surface area contributed by atoms with Crippen LogP contribution in [0.1, 0.15) is 0 Å². The molecule has 4 nitrogen and oxygen atoms in total. The van der Waals surface area contributed by atoms with E-state index >= 15 is 0 Å². The van der Waals surface area contributed by atoms with Crippen molar-refractivity contribution in [2.24, 2.45) is 0 Å². The summed E-state index contributed by atoms with van der Waals surface area (Å²) in [5.41, 5.74) is 4.03. The van der Waals surface area contributed by atoms with Crippen LogP contribution in [0, 0.1) is 0 Å². The van der Waals surface area contributed by atoms with Gasteiger partial charge < -0.3 is 18.9 Å². The molecule has 0 aromatic heterocycles. The normalized spacial score (nSPS) is 10.4. The van der Waals surface area contributed by atoms with E-state index in [-0.39, 0.29) is 0 Å². The van der Waals surface area contributed by atoms with Crippen LogP contribution in [-0.4, -0.2) is 21.3 Å². The highest BCUT2D eigenvalue weighted by atomic mass is 16.5. The maximum atomic E-state index is 6.36. The summed E-state index contributed by atoms with van der Waals surface area (Å²) in [6.07, 6.45) is 0. The van der Waals surface area contributed by atoms with Crippen molar-refractivity contribution in [3.8, 4) is 51.0 Å². The van der Waals surface area contributed by atoms with Gasteiger partial charge in [0, 0.05) is 5.56 Å². The van der Waals surface area contributed by atoms with Gasteiger partial charge in [-0.05, 0) is 34.9 Å². The highest BCUT2D eigenvalue weighted by Crippen LogP contribution is 2.52. The smallest absolute Gasteiger partial charge is 0.208 e. The van der Waals surface area contributed by atoms with Gasteiger partial charge in [-0.25, -0.2) is 0 Å². The van der Waals surface area contributed by atoms with Crippen molar-refractivity contribution in [2.45, 2.75) is 0 Å². The van der Waals surface area contributed by atoms with Crippen LogP contribution in [0.4, 0.5) is 0 Å². The van der Waals surface area contributed by atoms with Crippen LogP contribution in [0.15, 0.2) is 91.0 Å². The van der Waals surface area contributed by atoms with E-state index in [9.17, 15) is 0 Å². The van der Waals surface area contributed by atoms with E-state index in [1.807, 2.05) is 66.7 Å². The second-order valence-electron chi connectivity index (χ2n) is 6.85. The molecule has 0 spiro atoms. The van der Waals surface area contributed by atoms with Crippen LogP contribution >= 0.6 is 0 Å². The molecule has 0 atom stereocenters. The summed E-state index contributed by atoms with van der Waals surface area (Å²) in [6, 6.07) is 30.0. The number of hydrogen-bond donors (Lipinski definition) is 0. The maximum Gasteiger partial charge on any atom is 0.208 e. The van der Waals surface area contributed by atoms with Crippen molar-refractivity contribution in [1.29, 1.82) is 0 Å². The number of hydrogen-bond acceptors (Lipinski definition) is 4. The Balaban J connectivity index is 2.00. The zero-order valence-corrected chi connectivity index (χ0v) is 17.8. The van der Waals surface area contributed by atoms with Gasteiger partial charge in [-0.15, -0.1) is 0 Å². The van der Waals surface area contributed by atoms with Gasteiger partial charge in [-0.1, -0.05) is 72.8 Å². The molecule has 0 aliphatic rings. The quantitative estimate of drug-likeness (QED) is 0.333. The second kappa shape index (κ2) is 9.26. The molecule has 0 fully saturated rings. The predicted molar refractivity (Wildman–Crippen MR) is 123 cm³/mol. The van der Waals surface area contributed by atoms with Crippen molar-refractivity contribution >= 4 is 0 Å². The van der Waals surface area contributed by atoms with Gasteiger partial charge in [0.1, 0.15) is 5.75 Å². The van der Waals surface area contributed by atoms with Crippen molar-refractivity contribution < 1.29 is 18.9 Å². The Morgan fingerprint density at radius 2 is 1.06 bits per heavy atom. The first-order valence-corrected chi connectivity index (χ1v) is 9.97. The minimum atomic E-state index is 0.476. The summed E-state index contributed by atoms with van der Waals surface area (Å²) in [7, 11) is 4.80. The van der Waals surface area contributed by atoms with Gasteiger partial charge in [0.2, 0.25) is 11.5 Å². The number of para-hydroxylation sites is 1. The monoisotopic (exact) mass is 412 g/mol. The van der Waals surface area contributed by atoms with Crippen molar-refractivity contribution in [2.75, 3.05) is 21.3 Å². The molecule has 4 aromatic rings. The van der Waals surface area contributed by atoms with Gasteiger partial charge in [-0.2, -0.15) is 0 Å². The van der Waals surface area contributed by atoms with E-state index in [0.717, 1.165) is 22.3 Å². The SMILES string of the molecule is COc1cc(-c2ccccc2-c2ccccc2)c(Oc2ccccc2)c(OC)c1OC. The van der Waals surface area contributed by atoms with Gasteiger partial charge in [0.15, 0.2) is 11.5 Å². The lowest BCUT2D eigenvalue weighted by Gasteiger charge is -2.21. The largest absolute Gasteiger partial charge is 0.493 e. The molecule has 0 amide bonds. The fraction of sp³-hybridized carbons (Fsp3) is 0.111. The fourth-order valence-electron chi connectivity index (χ4n) is 3.63. The van der Waals surface area contributed by atoms with E-state index in [2.05, 4.69) is 24.3 Å². The molecule has 4 heteroatoms. The summed E-state index contributed by atoms with van der Waals surface area (Å²) in [4.78, 5) is 0. The average Bonchev–Trinajstić information content (AvgIpc) is 2.84. The Morgan fingerprint density at radius 1 is 0.484 bits per heavy atom. The molecule has 0 bridgehead atoms. The summed E-state index contributed by atoms with van der Waals surface area (Å²) in [6.45, 7) is 0. The van der Waals surface area contributed by atoms with Crippen LogP contribution in [-0.2, 0) is 0 Å². The third-order valence-electron chi connectivity index (χ3n) is 5.05. The first kappa shape index (κ1) is 20.4. The molecule has 0 aliphatic heterocycles. The van der Waals surface area contributed by atoms with Crippen LogP contribution in [0.25, 0.3) is 22.3 Å². The van der Waals surface area contributed by atoms with Crippen molar-refractivity contribution in [1.82, 2.24) is 0 Å². The summed E-state index contributed by atoms with van der Waals surface area (Å²) < 4.78 is 23.4. The minimum Gasteiger partial charge on any atom is -0.493 e. The van der Waals surface area contributed by atoms with Crippen LogP contribution in [0.2, 0.25) is 0 Å². The molecule has 0 N–H and O–H groups in total. The third-order valence-corrected chi connectivity index (χ3v) is 5.05. The second-order valence-corrected chi connectivity index (χ2v) is 6.85. The van der Waals surface area contributed by atoms with Crippen LogP contribution in [0.5, 0.6) is 28.7 Å². The minimum absolute atomic E-state index is 0.476. The topological polar surface area (TPSA) is 36.9 Å². The fourth-order valence-corrected chi connectivity index (χ4v) is 3.63. The highest BCUT2D eigenvalue weighted by molar-refractivity contribution is 5.89. The molecular formula is C27H24O4. The first-order chi connectivity index (χ1) is 15.3. The first-order valence-electron chi connectivity index (χ1n) is 9.97. The third kappa shape index (κ3) is 4.05. The molecule has 0 heterocycles. The average molecular weight is 412 g/mol. The van der Waals surface area contributed by atoms with Crippen LogP contribution in [0.3, 0.4) is 0 Å². The molecule has 0 saturated carbocycles. The Bertz CT molecular complexity index is 1150. The standard InChI is InChI=1S/C27H24O4/c1-28-24-18-23(22-17-11-10-16-21(22)19-12-6-4-7-13-19)25(27(30-3)26(24)29-2)31-20-14-8-5-9-15-20/h4-18H,1-3H3. The lowest BCUT2D eigenvalue weighted by atomic mass is 9.93. The zero-order chi connectivity index (χ0) is 21.6. The molecule has 4 aromatic carbocycles. The molecule has 0 saturated heterocycles. The predicted octanol–water partition coefficient (Wildman–Crippen LogP) is 6.84. The maximum absolute atomic E-state index is 6.36. The molecule has 156 valence electrons. The lowest BCUT2D eigenvalue weighted by molar-refractivity contribution is 0.313. The lowest BCUT2D eigenvalue weighted by Crippen LogP contribution is -2.00. The highest BCUT2D eigenvalue weighted by Gasteiger charge is 2.25. The number of ether oxygens (including phenoxy) is 4. The molecule has 31 heavy (non-hydrogen) atoms. The Labute approximate surface area is 182 Å². The van der Waals surface area contributed by atoms with Crippen molar-refractivity contribution in [3.05, 3.63) is 91.0 Å². The van der Waals surface area contributed by atoms with E-state index in [0.29, 0.717) is 28.7 Å². The van der Waals surface area contributed by atoms with E-state index in [4.69, 9.17) is 18.9 Å².